The molecule has 0 spiro atoms. The smallest absolute Gasteiger partial charge is 0.305 e. The Hall–Kier alpha value is -1.12. The summed E-state index contributed by atoms with van der Waals surface area (Å²) in [5.74, 6) is 0.811. The standard InChI is InChI=1S/C16H26O3/c1-3-4-8-13-11-12-15(17)14(13)9-6-5-7-10-16(18)19-2/h11-14H,3-10H2,1-2H3/t13-,14+/m1/s1. The van der Waals surface area contributed by atoms with E-state index in [2.05, 4.69) is 17.7 Å². The first-order chi connectivity index (χ1) is 9.19. The fourth-order valence-corrected chi connectivity index (χ4v) is 2.69. The molecule has 0 unspecified atom stereocenters. The van der Waals surface area contributed by atoms with Crippen LogP contribution in [0.4, 0.5) is 0 Å². The van der Waals surface area contributed by atoms with Crippen molar-refractivity contribution in [3.63, 3.8) is 0 Å². The molecule has 0 aliphatic heterocycles. The largest absolute Gasteiger partial charge is 0.469 e. The molecule has 1 rings (SSSR count). The van der Waals surface area contributed by atoms with Crippen LogP contribution in [-0.4, -0.2) is 18.9 Å². The number of rotatable bonds is 9. The third-order valence-corrected chi connectivity index (χ3v) is 3.90. The maximum absolute atomic E-state index is 11.8. The van der Waals surface area contributed by atoms with Crippen molar-refractivity contribution < 1.29 is 14.3 Å². The van der Waals surface area contributed by atoms with E-state index >= 15 is 0 Å². The Morgan fingerprint density at radius 1 is 1.21 bits per heavy atom. The minimum absolute atomic E-state index is 0.139. The van der Waals surface area contributed by atoms with Crippen LogP contribution in [0.15, 0.2) is 12.2 Å². The van der Waals surface area contributed by atoms with Crippen LogP contribution < -0.4 is 0 Å². The van der Waals surface area contributed by atoms with Crippen LogP contribution in [0.1, 0.15) is 58.3 Å². The molecule has 0 aromatic heterocycles. The van der Waals surface area contributed by atoms with Gasteiger partial charge in [-0.15, -0.1) is 0 Å². The topological polar surface area (TPSA) is 43.4 Å². The number of unbranched alkanes of at least 4 members (excludes halogenated alkanes) is 3. The van der Waals surface area contributed by atoms with E-state index in [9.17, 15) is 9.59 Å². The molecule has 2 atom stereocenters. The molecule has 3 heteroatoms. The fourth-order valence-electron chi connectivity index (χ4n) is 2.69. The van der Waals surface area contributed by atoms with E-state index in [0.29, 0.717) is 18.1 Å². The Morgan fingerprint density at radius 3 is 2.68 bits per heavy atom. The third kappa shape index (κ3) is 5.58. The van der Waals surface area contributed by atoms with Crippen LogP contribution in [0, 0.1) is 11.8 Å². The van der Waals surface area contributed by atoms with Gasteiger partial charge in [-0.05, 0) is 31.3 Å². The van der Waals surface area contributed by atoms with Crippen molar-refractivity contribution in [1.82, 2.24) is 0 Å². The van der Waals surface area contributed by atoms with E-state index in [0.717, 1.165) is 32.1 Å². The Bertz CT molecular complexity index is 320. The van der Waals surface area contributed by atoms with Crippen molar-refractivity contribution in [2.24, 2.45) is 11.8 Å². The summed E-state index contributed by atoms with van der Waals surface area (Å²) >= 11 is 0. The van der Waals surface area contributed by atoms with E-state index in [1.54, 1.807) is 6.08 Å². The molecular formula is C16H26O3. The first-order valence-corrected chi connectivity index (χ1v) is 7.48. The van der Waals surface area contributed by atoms with E-state index < -0.39 is 0 Å². The number of esters is 1. The van der Waals surface area contributed by atoms with Gasteiger partial charge in [0, 0.05) is 12.3 Å². The van der Waals surface area contributed by atoms with Crippen LogP contribution in [0.2, 0.25) is 0 Å². The number of hydrogen-bond donors (Lipinski definition) is 0. The van der Waals surface area contributed by atoms with Gasteiger partial charge in [0.2, 0.25) is 0 Å². The Kier molecular flexibility index (Phi) is 7.46. The van der Waals surface area contributed by atoms with Crippen molar-refractivity contribution in [2.45, 2.75) is 58.3 Å². The van der Waals surface area contributed by atoms with Crippen molar-refractivity contribution in [1.29, 1.82) is 0 Å². The van der Waals surface area contributed by atoms with E-state index in [4.69, 9.17) is 0 Å². The van der Waals surface area contributed by atoms with Crippen LogP contribution >= 0.6 is 0 Å². The van der Waals surface area contributed by atoms with Gasteiger partial charge in [0.1, 0.15) is 0 Å². The minimum Gasteiger partial charge on any atom is -0.469 e. The van der Waals surface area contributed by atoms with Gasteiger partial charge in [-0.3, -0.25) is 9.59 Å². The van der Waals surface area contributed by atoms with Gasteiger partial charge in [0.05, 0.1) is 7.11 Å². The summed E-state index contributed by atoms with van der Waals surface area (Å²) < 4.78 is 4.61. The molecule has 0 bridgehead atoms. The molecule has 1 aliphatic rings. The highest BCUT2D eigenvalue weighted by atomic mass is 16.5. The number of carbonyl (C=O) groups is 2. The van der Waals surface area contributed by atoms with Gasteiger partial charge >= 0.3 is 5.97 Å². The molecule has 0 saturated carbocycles. The van der Waals surface area contributed by atoms with Gasteiger partial charge < -0.3 is 4.74 Å². The van der Waals surface area contributed by atoms with Crippen molar-refractivity contribution in [2.75, 3.05) is 7.11 Å². The predicted molar refractivity (Wildman–Crippen MR) is 75.8 cm³/mol. The maximum atomic E-state index is 11.8. The van der Waals surface area contributed by atoms with Crippen LogP contribution in [0.25, 0.3) is 0 Å². The van der Waals surface area contributed by atoms with E-state index in [1.807, 2.05) is 0 Å². The predicted octanol–water partition coefficient (Wildman–Crippen LogP) is 3.67. The molecule has 0 heterocycles. The summed E-state index contributed by atoms with van der Waals surface area (Å²) in [4.78, 5) is 22.8. The highest BCUT2D eigenvalue weighted by molar-refractivity contribution is 5.94. The molecule has 3 nitrogen and oxygen atoms in total. The first kappa shape index (κ1) is 15.9. The van der Waals surface area contributed by atoms with E-state index in [1.165, 1.54) is 20.0 Å². The lowest BCUT2D eigenvalue weighted by Crippen LogP contribution is -2.16. The molecule has 19 heavy (non-hydrogen) atoms. The Morgan fingerprint density at radius 2 is 2.00 bits per heavy atom. The third-order valence-electron chi connectivity index (χ3n) is 3.90. The van der Waals surface area contributed by atoms with Gasteiger partial charge in [0.25, 0.3) is 0 Å². The monoisotopic (exact) mass is 266 g/mol. The average Bonchev–Trinajstić information content (AvgIpc) is 2.76. The van der Waals surface area contributed by atoms with Gasteiger partial charge in [-0.1, -0.05) is 38.7 Å². The van der Waals surface area contributed by atoms with Gasteiger partial charge in [-0.2, -0.15) is 0 Å². The summed E-state index contributed by atoms with van der Waals surface area (Å²) in [6.07, 6.45) is 11.7. The average molecular weight is 266 g/mol. The summed E-state index contributed by atoms with van der Waals surface area (Å²) in [6, 6.07) is 0. The highest BCUT2D eigenvalue weighted by Gasteiger charge is 2.28. The zero-order valence-corrected chi connectivity index (χ0v) is 12.2. The summed E-state index contributed by atoms with van der Waals surface area (Å²) in [5, 5.41) is 0. The fraction of sp³-hybridized carbons (Fsp3) is 0.750. The number of allylic oxidation sites excluding steroid dienone is 2. The SMILES string of the molecule is CCCC[C@@H]1C=CC(=O)[C@H]1CCCCCC(=O)OC. The van der Waals surface area contributed by atoms with Crippen LogP contribution in [0.3, 0.4) is 0 Å². The van der Waals surface area contributed by atoms with Crippen LogP contribution in [-0.2, 0) is 14.3 Å². The molecule has 0 saturated heterocycles. The molecule has 0 aromatic rings. The molecule has 0 amide bonds. The summed E-state index contributed by atoms with van der Waals surface area (Å²) in [7, 11) is 1.42. The quantitative estimate of drug-likeness (QED) is 0.472. The lowest BCUT2D eigenvalue weighted by atomic mass is 9.86. The van der Waals surface area contributed by atoms with Crippen molar-refractivity contribution >= 4 is 11.8 Å². The Balaban J connectivity index is 2.19. The highest BCUT2D eigenvalue weighted by Crippen LogP contribution is 2.31. The molecule has 108 valence electrons. The molecule has 0 radical (unpaired) electrons. The lowest BCUT2D eigenvalue weighted by Gasteiger charge is -2.17. The second kappa shape index (κ2) is 8.89. The molecule has 0 aromatic carbocycles. The lowest BCUT2D eigenvalue weighted by molar-refractivity contribution is -0.140. The molecule has 1 aliphatic carbocycles. The zero-order valence-electron chi connectivity index (χ0n) is 12.2. The number of ketones is 1. The number of ether oxygens (including phenoxy) is 1. The molecule has 0 fully saturated rings. The second-order valence-corrected chi connectivity index (χ2v) is 5.35. The van der Waals surface area contributed by atoms with Crippen molar-refractivity contribution in [3.8, 4) is 0 Å². The van der Waals surface area contributed by atoms with Crippen LogP contribution in [0.5, 0.6) is 0 Å². The normalized spacial score (nSPS) is 21.9. The number of methoxy groups -OCH3 is 1. The maximum Gasteiger partial charge on any atom is 0.305 e. The molecule has 0 N–H and O–H groups in total. The minimum atomic E-state index is -0.139. The Labute approximate surface area is 116 Å². The number of hydrogen-bond acceptors (Lipinski definition) is 3. The summed E-state index contributed by atoms with van der Waals surface area (Å²) in [5.41, 5.74) is 0. The first-order valence-electron chi connectivity index (χ1n) is 7.48. The van der Waals surface area contributed by atoms with Gasteiger partial charge in [-0.25, -0.2) is 0 Å². The van der Waals surface area contributed by atoms with E-state index in [-0.39, 0.29) is 11.9 Å². The second-order valence-electron chi connectivity index (χ2n) is 5.35. The van der Waals surface area contributed by atoms with Gasteiger partial charge in [0.15, 0.2) is 5.78 Å². The number of carbonyl (C=O) groups excluding carboxylic acids is 2. The molecular weight excluding hydrogens is 240 g/mol. The van der Waals surface area contributed by atoms with Crippen molar-refractivity contribution in [3.05, 3.63) is 12.2 Å². The zero-order chi connectivity index (χ0) is 14.1. The summed E-state index contributed by atoms with van der Waals surface area (Å²) in [6.45, 7) is 2.18.